The fourth-order valence-corrected chi connectivity index (χ4v) is 3.76. The number of imidazole rings is 1. The summed E-state index contributed by atoms with van der Waals surface area (Å²) in [6.07, 6.45) is 1.78. The molecule has 1 atom stereocenters. The van der Waals surface area contributed by atoms with E-state index >= 15 is 0 Å². The van der Waals surface area contributed by atoms with E-state index in [9.17, 15) is 4.21 Å². The Morgan fingerprint density at radius 2 is 2.07 bits per heavy atom. The predicted octanol–water partition coefficient (Wildman–Crippen LogP) is 3.26. The second kappa shape index (κ2) is 7.65. The highest BCUT2D eigenvalue weighted by atomic mass is 32.2. The van der Waals surface area contributed by atoms with Gasteiger partial charge in [0.25, 0.3) is 0 Å². The van der Waals surface area contributed by atoms with Crippen LogP contribution in [0.2, 0.25) is 0 Å². The van der Waals surface area contributed by atoms with Crippen LogP contribution in [0.1, 0.15) is 12.5 Å². The molecule has 2 N–H and O–H groups in total. The molecule has 3 aromatic rings. The Kier molecular flexibility index (Phi) is 5.44. The van der Waals surface area contributed by atoms with Gasteiger partial charge in [-0.25, -0.2) is 18.9 Å². The van der Waals surface area contributed by atoms with Crippen LogP contribution in [-0.4, -0.2) is 39.6 Å². The van der Waals surface area contributed by atoms with Crippen molar-refractivity contribution in [1.29, 1.82) is 0 Å². The van der Waals surface area contributed by atoms with Gasteiger partial charge >= 0.3 is 0 Å². The number of methoxy groups -OCH3 is 1. The molecule has 0 aliphatic heterocycles. The van der Waals surface area contributed by atoms with E-state index in [1.807, 2.05) is 37.6 Å². The number of amidine groups is 1. The lowest BCUT2D eigenvalue weighted by atomic mass is 10.1. The number of fused-ring (bicyclic) bond motifs is 1. The molecule has 0 saturated carbocycles. The highest BCUT2D eigenvalue weighted by Gasteiger charge is 2.12. The molecule has 0 radical (unpaired) electrons. The summed E-state index contributed by atoms with van der Waals surface area (Å²) < 4.78 is 22.7. The standard InChI is InChI=1S/C20H25N5O2S/c1-13-7-9-17-20(22-12-25(17)4)19(13)24-14(2)23-16-11-15(28(6,26)21-3)8-10-18(16)27-5/h7-12H,6H2,1-5H3,(H,21,26)(H,23,24). The van der Waals surface area contributed by atoms with Crippen LogP contribution in [-0.2, 0) is 16.8 Å². The second-order valence-corrected chi connectivity index (χ2v) is 8.75. The number of nitrogens with zero attached hydrogens (tertiary/aromatic N) is 3. The number of aryl methyl sites for hydroxylation is 2. The molecule has 148 valence electrons. The average Bonchev–Trinajstić information content (AvgIpc) is 3.05. The normalized spacial score (nSPS) is 14.1. The van der Waals surface area contributed by atoms with Crippen LogP contribution in [0.4, 0.5) is 11.4 Å². The molecule has 3 rings (SSSR count). The third kappa shape index (κ3) is 3.74. The summed E-state index contributed by atoms with van der Waals surface area (Å²) in [6, 6.07) is 9.33. The van der Waals surface area contributed by atoms with E-state index in [4.69, 9.17) is 9.73 Å². The molecule has 8 heteroatoms. The molecule has 28 heavy (non-hydrogen) atoms. The number of hydrogen-bond donors (Lipinski definition) is 2. The van der Waals surface area contributed by atoms with Crippen LogP contribution in [0.3, 0.4) is 0 Å². The van der Waals surface area contributed by atoms with Gasteiger partial charge in [-0.1, -0.05) is 6.07 Å². The molecule has 1 aromatic heterocycles. The van der Waals surface area contributed by atoms with Crippen LogP contribution >= 0.6 is 0 Å². The van der Waals surface area contributed by atoms with Crippen molar-refractivity contribution >= 4 is 43.8 Å². The van der Waals surface area contributed by atoms with Crippen molar-refractivity contribution in [1.82, 2.24) is 14.3 Å². The van der Waals surface area contributed by atoms with Crippen molar-refractivity contribution in [3.05, 3.63) is 42.2 Å². The number of ether oxygens (including phenoxy) is 1. The number of aromatic nitrogens is 2. The Morgan fingerprint density at radius 3 is 2.75 bits per heavy atom. The van der Waals surface area contributed by atoms with Crippen LogP contribution in [0.25, 0.3) is 11.0 Å². The predicted molar refractivity (Wildman–Crippen MR) is 117 cm³/mol. The largest absolute Gasteiger partial charge is 0.495 e. The highest BCUT2D eigenvalue weighted by Crippen LogP contribution is 2.30. The molecule has 1 unspecified atom stereocenters. The minimum absolute atomic E-state index is 0.578. The van der Waals surface area contributed by atoms with E-state index < -0.39 is 9.71 Å². The van der Waals surface area contributed by atoms with Crippen molar-refractivity contribution in [2.75, 3.05) is 19.5 Å². The first-order valence-electron chi connectivity index (χ1n) is 8.73. The van der Waals surface area contributed by atoms with Crippen molar-refractivity contribution in [2.24, 2.45) is 12.0 Å². The maximum atomic E-state index is 12.5. The molecule has 0 bridgehead atoms. The maximum absolute atomic E-state index is 12.5. The summed E-state index contributed by atoms with van der Waals surface area (Å²) in [5.74, 6) is 5.04. The zero-order valence-electron chi connectivity index (χ0n) is 16.7. The Balaban J connectivity index is 2.03. The lowest BCUT2D eigenvalue weighted by Gasteiger charge is -2.15. The molecular weight excluding hydrogens is 374 g/mol. The molecule has 0 fully saturated rings. The Morgan fingerprint density at radius 1 is 1.32 bits per heavy atom. The van der Waals surface area contributed by atoms with E-state index in [1.54, 1.807) is 38.7 Å². The first kappa shape index (κ1) is 19.9. The molecule has 1 heterocycles. The van der Waals surface area contributed by atoms with Gasteiger partial charge in [0.15, 0.2) is 0 Å². The summed E-state index contributed by atoms with van der Waals surface area (Å²) >= 11 is 0. The van der Waals surface area contributed by atoms with E-state index in [0.29, 0.717) is 22.2 Å². The van der Waals surface area contributed by atoms with Crippen molar-refractivity contribution in [3.8, 4) is 5.75 Å². The van der Waals surface area contributed by atoms with E-state index in [2.05, 4.69) is 20.9 Å². The quantitative estimate of drug-likeness (QED) is 0.392. The molecule has 2 aromatic carbocycles. The second-order valence-electron chi connectivity index (χ2n) is 6.52. The van der Waals surface area contributed by atoms with Gasteiger partial charge in [0.05, 0.1) is 40.0 Å². The molecule has 0 amide bonds. The van der Waals surface area contributed by atoms with Gasteiger partial charge in [-0.3, -0.25) is 0 Å². The molecular formula is C20H25N5O2S. The van der Waals surface area contributed by atoms with Crippen LogP contribution in [0.5, 0.6) is 5.75 Å². The van der Waals surface area contributed by atoms with Gasteiger partial charge in [-0.2, -0.15) is 0 Å². The first-order chi connectivity index (χ1) is 13.3. The van der Waals surface area contributed by atoms with Gasteiger partial charge in [-0.15, -0.1) is 0 Å². The molecule has 0 aliphatic carbocycles. The average molecular weight is 400 g/mol. The van der Waals surface area contributed by atoms with Crippen LogP contribution in [0.15, 0.2) is 46.5 Å². The van der Waals surface area contributed by atoms with Crippen LogP contribution in [0, 0.1) is 6.92 Å². The molecule has 7 nitrogen and oxygen atoms in total. The zero-order valence-corrected chi connectivity index (χ0v) is 17.6. The lowest BCUT2D eigenvalue weighted by molar-refractivity contribution is 0.416. The summed E-state index contributed by atoms with van der Waals surface area (Å²) in [5, 5.41) is 3.25. The molecule has 0 aliphatic rings. The fraction of sp³-hybridized carbons (Fsp3) is 0.250. The third-order valence-electron chi connectivity index (χ3n) is 4.55. The number of anilines is 1. The number of rotatable bonds is 5. The van der Waals surface area contributed by atoms with Crippen molar-refractivity contribution in [3.63, 3.8) is 0 Å². The number of hydrogen-bond acceptors (Lipinski definition) is 4. The summed E-state index contributed by atoms with van der Waals surface area (Å²) in [4.78, 5) is 9.81. The van der Waals surface area contributed by atoms with Gasteiger partial charge in [0.1, 0.15) is 17.1 Å². The molecule has 0 saturated heterocycles. The van der Waals surface area contributed by atoms with E-state index in [1.165, 1.54) is 0 Å². The first-order valence-corrected chi connectivity index (χ1v) is 10.5. The van der Waals surface area contributed by atoms with Crippen LogP contribution < -0.4 is 14.8 Å². The van der Waals surface area contributed by atoms with Crippen molar-refractivity contribution in [2.45, 2.75) is 18.7 Å². The van der Waals surface area contributed by atoms with Crippen molar-refractivity contribution < 1.29 is 8.95 Å². The summed E-state index contributed by atoms with van der Waals surface area (Å²) in [7, 11) is 2.59. The summed E-state index contributed by atoms with van der Waals surface area (Å²) in [5.41, 5.74) is 4.38. The zero-order chi connectivity index (χ0) is 20.5. The highest BCUT2D eigenvalue weighted by molar-refractivity contribution is 7.98. The number of aliphatic imine (C=N–C) groups is 1. The smallest absolute Gasteiger partial charge is 0.142 e. The van der Waals surface area contributed by atoms with Gasteiger partial charge in [0, 0.05) is 11.9 Å². The Hall–Kier alpha value is -2.84. The minimum atomic E-state index is -2.57. The van der Waals surface area contributed by atoms with E-state index in [-0.39, 0.29) is 0 Å². The van der Waals surface area contributed by atoms with Gasteiger partial charge in [-0.05, 0) is 56.6 Å². The van der Waals surface area contributed by atoms with Gasteiger partial charge in [0.2, 0.25) is 0 Å². The maximum Gasteiger partial charge on any atom is 0.142 e. The minimum Gasteiger partial charge on any atom is -0.495 e. The lowest BCUT2D eigenvalue weighted by Crippen LogP contribution is -2.18. The molecule has 0 spiro atoms. The fourth-order valence-electron chi connectivity index (χ4n) is 2.93. The SMILES string of the molecule is C=S(=O)(NC)c1ccc(OC)c(NC(C)=Nc2c(C)ccc3c2ncn3C)c1. The Labute approximate surface area is 165 Å². The number of nitrogens with one attached hydrogen (secondary N) is 2. The van der Waals surface area contributed by atoms with E-state index in [0.717, 1.165) is 22.3 Å². The summed E-state index contributed by atoms with van der Waals surface area (Å²) in [6.45, 7) is 3.87. The topological polar surface area (TPSA) is 80.5 Å². The third-order valence-corrected chi connectivity index (χ3v) is 6.22. The van der Waals surface area contributed by atoms with Gasteiger partial charge < -0.3 is 14.6 Å². The monoisotopic (exact) mass is 399 g/mol. The Bertz CT molecular complexity index is 1160. The number of benzene rings is 2.